The summed E-state index contributed by atoms with van der Waals surface area (Å²) in [5, 5.41) is 3.34. The van der Waals surface area contributed by atoms with E-state index in [0.29, 0.717) is 5.92 Å². The molecule has 1 saturated heterocycles. The number of ether oxygens (including phenoxy) is 1. The standard InChI is InChI=1S/C16H24N2O2/c1-16(2,3)15(19)20-14(12-7-10-17-11-8-12)13-6-4-5-9-18-13/h4-6,9,12,14,17H,7-8,10-11H2,1-3H3. The van der Waals surface area contributed by atoms with Crippen molar-refractivity contribution in [2.24, 2.45) is 11.3 Å². The van der Waals surface area contributed by atoms with Crippen molar-refractivity contribution in [3.8, 4) is 0 Å². The van der Waals surface area contributed by atoms with E-state index in [-0.39, 0.29) is 12.1 Å². The number of carbonyl (C=O) groups is 1. The van der Waals surface area contributed by atoms with Crippen molar-refractivity contribution in [3.63, 3.8) is 0 Å². The maximum absolute atomic E-state index is 12.2. The number of nitrogens with zero attached hydrogens (tertiary/aromatic N) is 1. The molecule has 1 aliphatic rings. The monoisotopic (exact) mass is 276 g/mol. The van der Waals surface area contributed by atoms with Crippen molar-refractivity contribution >= 4 is 5.97 Å². The van der Waals surface area contributed by atoms with Gasteiger partial charge in [-0.05, 0) is 58.8 Å². The lowest BCUT2D eigenvalue weighted by Crippen LogP contribution is -2.34. The van der Waals surface area contributed by atoms with E-state index in [1.807, 2.05) is 39.0 Å². The van der Waals surface area contributed by atoms with Gasteiger partial charge < -0.3 is 10.1 Å². The Morgan fingerprint density at radius 2 is 2.05 bits per heavy atom. The normalized spacial score (nSPS) is 18.6. The van der Waals surface area contributed by atoms with Crippen LogP contribution in [0, 0.1) is 11.3 Å². The van der Waals surface area contributed by atoms with Gasteiger partial charge in [0.1, 0.15) is 6.10 Å². The average molecular weight is 276 g/mol. The lowest BCUT2D eigenvalue weighted by Gasteiger charge is -2.31. The topological polar surface area (TPSA) is 51.2 Å². The Bertz CT molecular complexity index is 434. The van der Waals surface area contributed by atoms with Crippen LogP contribution in [0.25, 0.3) is 0 Å². The highest BCUT2D eigenvalue weighted by molar-refractivity contribution is 5.75. The highest BCUT2D eigenvalue weighted by Crippen LogP contribution is 2.33. The van der Waals surface area contributed by atoms with Gasteiger partial charge in [0.25, 0.3) is 0 Å². The third-order valence-corrected chi connectivity index (χ3v) is 3.64. The Kier molecular flexibility index (Phi) is 4.76. The molecule has 0 aromatic carbocycles. The molecule has 1 aromatic heterocycles. The van der Waals surface area contributed by atoms with Gasteiger partial charge in [-0.15, -0.1) is 0 Å². The maximum atomic E-state index is 12.2. The molecular weight excluding hydrogens is 252 g/mol. The molecule has 4 nitrogen and oxygen atoms in total. The van der Waals surface area contributed by atoms with Crippen LogP contribution >= 0.6 is 0 Å². The van der Waals surface area contributed by atoms with Gasteiger partial charge >= 0.3 is 5.97 Å². The Balaban J connectivity index is 2.18. The molecule has 2 rings (SSSR count). The van der Waals surface area contributed by atoms with Crippen LogP contribution in [-0.4, -0.2) is 24.0 Å². The predicted octanol–water partition coefficient (Wildman–Crippen LogP) is 2.71. The minimum atomic E-state index is -0.486. The first-order chi connectivity index (χ1) is 9.48. The third kappa shape index (κ3) is 3.79. The number of hydrogen-bond acceptors (Lipinski definition) is 4. The number of nitrogens with one attached hydrogen (secondary N) is 1. The molecular formula is C16H24N2O2. The van der Waals surface area contributed by atoms with E-state index in [2.05, 4.69) is 10.3 Å². The maximum Gasteiger partial charge on any atom is 0.311 e. The summed E-state index contributed by atoms with van der Waals surface area (Å²) in [7, 11) is 0. The second-order valence-corrected chi connectivity index (χ2v) is 6.42. The zero-order chi connectivity index (χ0) is 14.6. The van der Waals surface area contributed by atoms with Crippen molar-refractivity contribution in [1.29, 1.82) is 0 Å². The summed E-state index contributed by atoms with van der Waals surface area (Å²) < 4.78 is 5.81. The minimum Gasteiger partial charge on any atom is -0.455 e. The zero-order valence-electron chi connectivity index (χ0n) is 12.6. The number of piperidine rings is 1. The van der Waals surface area contributed by atoms with E-state index in [1.165, 1.54) is 0 Å². The number of aromatic nitrogens is 1. The summed E-state index contributed by atoms with van der Waals surface area (Å²) in [5.74, 6) is 0.184. The number of rotatable bonds is 3. The fourth-order valence-corrected chi connectivity index (χ4v) is 2.38. The van der Waals surface area contributed by atoms with Crippen LogP contribution in [0.4, 0.5) is 0 Å². The number of carbonyl (C=O) groups excluding carboxylic acids is 1. The lowest BCUT2D eigenvalue weighted by atomic mass is 9.89. The Labute approximate surface area is 120 Å². The molecule has 1 aliphatic heterocycles. The quantitative estimate of drug-likeness (QED) is 0.862. The molecule has 110 valence electrons. The van der Waals surface area contributed by atoms with Crippen LogP contribution in [0.5, 0.6) is 0 Å². The van der Waals surface area contributed by atoms with Crippen LogP contribution < -0.4 is 5.32 Å². The first-order valence-electron chi connectivity index (χ1n) is 7.31. The van der Waals surface area contributed by atoms with E-state index in [0.717, 1.165) is 31.6 Å². The van der Waals surface area contributed by atoms with Gasteiger partial charge in [0.05, 0.1) is 11.1 Å². The molecule has 1 unspecified atom stereocenters. The summed E-state index contributed by atoms with van der Waals surface area (Å²) in [6, 6.07) is 5.78. The summed E-state index contributed by atoms with van der Waals surface area (Å²) in [6.07, 6.45) is 3.55. The Morgan fingerprint density at radius 3 is 2.60 bits per heavy atom. The Morgan fingerprint density at radius 1 is 1.35 bits per heavy atom. The van der Waals surface area contributed by atoms with Gasteiger partial charge in [0.2, 0.25) is 0 Å². The summed E-state index contributed by atoms with van der Waals surface area (Å²) in [6.45, 7) is 7.59. The smallest absolute Gasteiger partial charge is 0.311 e. The van der Waals surface area contributed by atoms with Gasteiger partial charge in [0, 0.05) is 12.1 Å². The largest absolute Gasteiger partial charge is 0.455 e. The van der Waals surface area contributed by atoms with Gasteiger partial charge in [-0.2, -0.15) is 0 Å². The van der Waals surface area contributed by atoms with Crippen LogP contribution in [0.2, 0.25) is 0 Å². The molecule has 0 saturated carbocycles. The Hall–Kier alpha value is -1.42. The SMILES string of the molecule is CC(C)(C)C(=O)OC(c1ccccn1)C1CCNCC1. The van der Waals surface area contributed by atoms with Crippen molar-refractivity contribution in [2.75, 3.05) is 13.1 Å². The molecule has 2 heterocycles. The van der Waals surface area contributed by atoms with Crippen LogP contribution in [0.15, 0.2) is 24.4 Å². The summed E-state index contributed by atoms with van der Waals surface area (Å²) >= 11 is 0. The fourth-order valence-electron chi connectivity index (χ4n) is 2.38. The third-order valence-electron chi connectivity index (χ3n) is 3.64. The van der Waals surface area contributed by atoms with Crippen molar-refractivity contribution in [1.82, 2.24) is 10.3 Å². The van der Waals surface area contributed by atoms with Crippen LogP contribution in [-0.2, 0) is 9.53 Å². The highest BCUT2D eigenvalue weighted by Gasteiger charge is 2.33. The molecule has 4 heteroatoms. The number of hydrogen-bond donors (Lipinski definition) is 1. The van der Waals surface area contributed by atoms with E-state index < -0.39 is 5.41 Å². The molecule has 0 amide bonds. The van der Waals surface area contributed by atoms with E-state index in [1.54, 1.807) is 6.20 Å². The predicted molar refractivity (Wildman–Crippen MR) is 78.1 cm³/mol. The first kappa shape index (κ1) is 15.0. The zero-order valence-corrected chi connectivity index (χ0v) is 12.6. The second-order valence-electron chi connectivity index (χ2n) is 6.42. The number of pyridine rings is 1. The molecule has 0 spiro atoms. The molecule has 20 heavy (non-hydrogen) atoms. The average Bonchev–Trinajstić information content (AvgIpc) is 2.45. The second kappa shape index (κ2) is 6.35. The minimum absolute atomic E-state index is 0.160. The molecule has 1 atom stereocenters. The van der Waals surface area contributed by atoms with Gasteiger partial charge in [-0.1, -0.05) is 6.07 Å². The number of esters is 1. The van der Waals surface area contributed by atoms with Gasteiger partial charge in [-0.3, -0.25) is 9.78 Å². The van der Waals surface area contributed by atoms with Gasteiger partial charge in [0.15, 0.2) is 0 Å². The first-order valence-corrected chi connectivity index (χ1v) is 7.31. The lowest BCUT2D eigenvalue weighted by molar-refractivity contribution is -0.163. The molecule has 0 bridgehead atoms. The van der Waals surface area contributed by atoms with Crippen molar-refractivity contribution in [3.05, 3.63) is 30.1 Å². The molecule has 1 fully saturated rings. The van der Waals surface area contributed by atoms with Crippen LogP contribution in [0.3, 0.4) is 0 Å². The summed E-state index contributed by atoms with van der Waals surface area (Å²) in [4.78, 5) is 16.6. The van der Waals surface area contributed by atoms with Crippen molar-refractivity contribution < 1.29 is 9.53 Å². The van der Waals surface area contributed by atoms with E-state index in [9.17, 15) is 4.79 Å². The van der Waals surface area contributed by atoms with E-state index >= 15 is 0 Å². The molecule has 1 N–H and O–H groups in total. The van der Waals surface area contributed by atoms with Crippen molar-refractivity contribution in [2.45, 2.75) is 39.7 Å². The van der Waals surface area contributed by atoms with Gasteiger partial charge in [-0.25, -0.2) is 0 Å². The summed E-state index contributed by atoms with van der Waals surface area (Å²) in [5.41, 5.74) is 0.372. The molecule has 1 aromatic rings. The fraction of sp³-hybridized carbons (Fsp3) is 0.625. The molecule has 0 aliphatic carbocycles. The highest BCUT2D eigenvalue weighted by atomic mass is 16.5. The molecule has 0 radical (unpaired) electrons. The van der Waals surface area contributed by atoms with Crippen LogP contribution in [0.1, 0.15) is 45.4 Å². The van der Waals surface area contributed by atoms with E-state index in [4.69, 9.17) is 4.74 Å².